The molecule has 0 bridgehead atoms. The second kappa shape index (κ2) is 4.78. The zero-order chi connectivity index (χ0) is 12.5. The fourth-order valence-electron chi connectivity index (χ4n) is 2.97. The van der Waals surface area contributed by atoms with E-state index in [1.165, 1.54) is 7.11 Å². The van der Waals surface area contributed by atoms with Crippen LogP contribution < -0.4 is 0 Å². The van der Waals surface area contributed by atoms with Gasteiger partial charge in [0, 0.05) is 12.9 Å². The van der Waals surface area contributed by atoms with Crippen LogP contribution in [0.1, 0.15) is 25.7 Å². The van der Waals surface area contributed by atoms with Gasteiger partial charge in [-0.25, -0.2) is 0 Å². The summed E-state index contributed by atoms with van der Waals surface area (Å²) >= 11 is 1.72. The predicted octanol–water partition coefficient (Wildman–Crippen LogP) is 1.21. The minimum Gasteiger partial charge on any atom is -0.469 e. The van der Waals surface area contributed by atoms with Crippen LogP contribution in [0.25, 0.3) is 0 Å². The molecule has 5 heteroatoms. The number of esters is 1. The second-order valence-electron chi connectivity index (χ2n) is 5.03. The highest BCUT2D eigenvalue weighted by molar-refractivity contribution is 7.99. The lowest BCUT2D eigenvalue weighted by Gasteiger charge is -2.54. The van der Waals surface area contributed by atoms with E-state index in [0.717, 1.165) is 12.2 Å². The van der Waals surface area contributed by atoms with Crippen molar-refractivity contribution in [1.82, 2.24) is 0 Å². The van der Waals surface area contributed by atoms with Gasteiger partial charge in [-0.2, -0.15) is 11.8 Å². The molecule has 1 saturated carbocycles. The molecule has 2 rings (SSSR count). The number of hydrogen-bond donors (Lipinski definition) is 1. The SMILES string of the molecule is COC(=O)C1(C2(O)CCCSC2)CC(OC)C1. The quantitative estimate of drug-likeness (QED) is 0.773. The van der Waals surface area contributed by atoms with E-state index >= 15 is 0 Å². The molecule has 0 amide bonds. The van der Waals surface area contributed by atoms with Gasteiger partial charge in [-0.15, -0.1) is 0 Å². The monoisotopic (exact) mass is 260 g/mol. The predicted molar refractivity (Wildman–Crippen MR) is 66.0 cm³/mol. The van der Waals surface area contributed by atoms with Crippen LogP contribution >= 0.6 is 11.8 Å². The zero-order valence-corrected chi connectivity index (χ0v) is 11.2. The molecule has 1 atom stereocenters. The number of methoxy groups -OCH3 is 2. The first kappa shape index (κ1) is 13.2. The molecular weight excluding hydrogens is 240 g/mol. The minimum atomic E-state index is -0.919. The molecule has 2 aliphatic rings. The lowest BCUT2D eigenvalue weighted by atomic mass is 9.56. The summed E-state index contributed by atoms with van der Waals surface area (Å²) in [6, 6.07) is 0. The molecule has 0 spiro atoms. The Bertz CT molecular complexity index is 293. The molecule has 1 aliphatic carbocycles. The van der Waals surface area contributed by atoms with Gasteiger partial charge in [0.25, 0.3) is 0 Å². The van der Waals surface area contributed by atoms with Crippen LogP contribution in [-0.2, 0) is 14.3 Å². The molecule has 1 aliphatic heterocycles. The van der Waals surface area contributed by atoms with E-state index in [1.807, 2.05) is 0 Å². The van der Waals surface area contributed by atoms with Crippen molar-refractivity contribution in [2.75, 3.05) is 25.7 Å². The van der Waals surface area contributed by atoms with Gasteiger partial charge in [-0.1, -0.05) is 0 Å². The molecule has 1 saturated heterocycles. The maximum Gasteiger partial charge on any atom is 0.314 e. The zero-order valence-electron chi connectivity index (χ0n) is 10.4. The summed E-state index contributed by atoms with van der Waals surface area (Å²) in [7, 11) is 3.04. The summed E-state index contributed by atoms with van der Waals surface area (Å²) in [5, 5.41) is 10.8. The van der Waals surface area contributed by atoms with Gasteiger partial charge >= 0.3 is 5.97 Å². The average Bonchev–Trinajstić information content (AvgIpc) is 2.28. The summed E-state index contributed by atoms with van der Waals surface area (Å²) < 4.78 is 10.2. The van der Waals surface area contributed by atoms with Crippen molar-refractivity contribution in [2.24, 2.45) is 5.41 Å². The number of aliphatic hydroxyl groups is 1. The first-order chi connectivity index (χ1) is 8.08. The van der Waals surface area contributed by atoms with Crippen LogP contribution in [0.5, 0.6) is 0 Å². The van der Waals surface area contributed by atoms with Crippen LogP contribution in [0, 0.1) is 5.41 Å². The number of rotatable bonds is 3. The standard InChI is InChI=1S/C12H20O4S/c1-15-9-6-11(7-9,10(13)16-2)12(14)4-3-5-17-8-12/h9,14H,3-8H2,1-2H3. The van der Waals surface area contributed by atoms with E-state index in [0.29, 0.717) is 25.0 Å². The van der Waals surface area contributed by atoms with Gasteiger partial charge in [0.15, 0.2) is 0 Å². The van der Waals surface area contributed by atoms with Crippen LogP contribution in [0.3, 0.4) is 0 Å². The van der Waals surface area contributed by atoms with Crippen molar-refractivity contribution < 1.29 is 19.4 Å². The Kier molecular flexibility index (Phi) is 3.71. The molecule has 2 fully saturated rings. The third kappa shape index (κ3) is 1.98. The lowest BCUT2D eigenvalue weighted by Crippen LogP contribution is -2.64. The molecule has 0 aromatic carbocycles. The fourth-order valence-corrected chi connectivity index (χ4v) is 4.22. The third-order valence-corrected chi connectivity index (χ3v) is 5.43. The Morgan fingerprint density at radius 1 is 1.41 bits per heavy atom. The van der Waals surface area contributed by atoms with E-state index in [2.05, 4.69) is 0 Å². The molecule has 17 heavy (non-hydrogen) atoms. The number of hydrogen-bond acceptors (Lipinski definition) is 5. The molecule has 0 radical (unpaired) electrons. The third-order valence-electron chi connectivity index (χ3n) is 4.17. The van der Waals surface area contributed by atoms with Gasteiger partial charge in [-0.05, 0) is 31.4 Å². The fraction of sp³-hybridized carbons (Fsp3) is 0.917. The molecule has 1 heterocycles. The van der Waals surface area contributed by atoms with Crippen molar-refractivity contribution >= 4 is 17.7 Å². The maximum absolute atomic E-state index is 12.0. The number of thioether (sulfide) groups is 1. The van der Waals surface area contributed by atoms with Crippen molar-refractivity contribution in [3.05, 3.63) is 0 Å². The van der Waals surface area contributed by atoms with Crippen LogP contribution in [-0.4, -0.2) is 48.5 Å². The highest BCUT2D eigenvalue weighted by Gasteiger charge is 2.63. The van der Waals surface area contributed by atoms with E-state index in [-0.39, 0.29) is 12.1 Å². The summed E-state index contributed by atoms with van der Waals surface area (Å²) in [6.07, 6.45) is 2.87. The van der Waals surface area contributed by atoms with Crippen molar-refractivity contribution in [2.45, 2.75) is 37.4 Å². The topological polar surface area (TPSA) is 55.8 Å². The van der Waals surface area contributed by atoms with Crippen LogP contribution in [0.4, 0.5) is 0 Å². The van der Waals surface area contributed by atoms with Gasteiger partial charge in [0.2, 0.25) is 0 Å². The molecule has 1 N–H and O–H groups in total. The van der Waals surface area contributed by atoms with Crippen molar-refractivity contribution in [3.63, 3.8) is 0 Å². The largest absolute Gasteiger partial charge is 0.469 e. The summed E-state index contributed by atoms with van der Waals surface area (Å²) in [5.74, 6) is 1.40. The molecule has 0 aromatic rings. The first-order valence-electron chi connectivity index (χ1n) is 5.99. The van der Waals surface area contributed by atoms with Gasteiger partial charge in [0.05, 0.1) is 18.8 Å². The summed E-state index contributed by atoms with van der Waals surface area (Å²) in [5.41, 5.74) is -1.66. The maximum atomic E-state index is 12.0. The Hall–Kier alpha value is -0.260. The van der Waals surface area contributed by atoms with Gasteiger partial charge in [0.1, 0.15) is 5.41 Å². The molecule has 4 nitrogen and oxygen atoms in total. The molecule has 0 aromatic heterocycles. The molecule has 98 valence electrons. The number of carbonyl (C=O) groups excluding carboxylic acids is 1. The molecular formula is C12H20O4S. The van der Waals surface area contributed by atoms with Crippen molar-refractivity contribution in [1.29, 1.82) is 0 Å². The Morgan fingerprint density at radius 2 is 2.12 bits per heavy atom. The molecule has 1 unspecified atom stereocenters. The summed E-state index contributed by atoms with van der Waals surface area (Å²) in [6.45, 7) is 0. The normalized spacial score (nSPS) is 41.7. The smallest absolute Gasteiger partial charge is 0.314 e. The van der Waals surface area contributed by atoms with E-state index < -0.39 is 11.0 Å². The van der Waals surface area contributed by atoms with E-state index in [4.69, 9.17) is 9.47 Å². The first-order valence-corrected chi connectivity index (χ1v) is 7.15. The minimum absolute atomic E-state index is 0.0741. The Balaban J connectivity index is 2.19. The summed E-state index contributed by atoms with van der Waals surface area (Å²) in [4.78, 5) is 12.0. The van der Waals surface area contributed by atoms with E-state index in [1.54, 1.807) is 18.9 Å². The highest BCUT2D eigenvalue weighted by atomic mass is 32.2. The van der Waals surface area contributed by atoms with Gasteiger partial charge in [-0.3, -0.25) is 4.79 Å². The second-order valence-corrected chi connectivity index (χ2v) is 6.13. The number of carbonyl (C=O) groups is 1. The Labute approximate surface area is 106 Å². The lowest BCUT2D eigenvalue weighted by molar-refractivity contribution is -0.205. The average molecular weight is 260 g/mol. The highest BCUT2D eigenvalue weighted by Crippen LogP contribution is 2.55. The van der Waals surface area contributed by atoms with Crippen LogP contribution in [0.15, 0.2) is 0 Å². The van der Waals surface area contributed by atoms with E-state index in [9.17, 15) is 9.90 Å². The Morgan fingerprint density at radius 3 is 2.59 bits per heavy atom. The van der Waals surface area contributed by atoms with Crippen LogP contribution in [0.2, 0.25) is 0 Å². The van der Waals surface area contributed by atoms with Gasteiger partial charge < -0.3 is 14.6 Å². The van der Waals surface area contributed by atoms with Crippen molar-refractivity contribution in [3.8, 4) is 0 Å². The number of ether oxygens (including phenoxy) is 2.